The maximum absolute atomic E-state index is 13.7. The molecule has 166 valence electrons. The van der Waals surface area contributed by atoms with Gasteiger partial charge in [0.15, 0.2) is 5.82 Å². The van der Waals surface area contributed by atoms with Gasteiger partial charge in [0.2, 0.25) is 4.96 Å². The van der Waals surface area contributed by atoms with Crippen molar-refractivity contribution < 1.29 is 4.79 Å². The van der Waals surface area contributed by atoms with Crippen LogP contribution in [-0.2, 0) is 11.3 Å². The molecule has 34 heavy (non-hydrogen) atoms. The van der Waals surface area contributed by atoms with Gasteiger partial charge in [0.1, 0.15) is 4.53 Å². The highest BCUT2D eigenvalue weighted by atomic mass is 79.9. The van der Waals surface area contributed by atoms with Crippen LogP contribution in [0.5, 0.6) is 0 Å². The fraction of sp³-hybridized carbons (Fsp3) is 0.0400. The number of carbonyl (C=O) groups excluding carboxylic acids is 1. The number of fused-ring (bicyclic) bond motifs is 2. The molecule has 3 heterocycles. The van der Waals surface area contributed by atoms with Gasteiger partial charge in [0, 0.05) is 20.6 Å². The van der Waals surface area contributed by atoms with Crippen LogP contribution in [0.2, 0.25) is 5.02 Å². The molecule has 1 aliphatic rings. The summed E-state index contributed by atoms with van der Waals surface area (Å²) in [6.45, 7) is 0.295. The second-order valence-corrected chi connectivity index (χ2v) is 10.1. The number of hydrogen-bond donors (Lipinski definition) is 0. The van der Waals surface area contributed by atoms with Crippen molar-refractivity contribution in [1.82, 2.24) is 14.6 Å². The van der Waals surface area contributed by atoms with E-state index in [0.29, 0.717) is 38.0 Å². The molecular formula is C25H14BrClN4O2S. The number of aromatic nitrogens is 3. The first-order chi connectivity index (χ1) is 16.5. The van der Waals surface area contributed by atoms with Gasteiger partial charge in [0.25, 0.3) is 11.5 Å². The number of hydrogen-bond acceptors (Lipinski definition) is 5. The maximum Gasteiger partial charge on any atom is 0.291 e. The van der Waals surface area contributed by atoms with E-state index < -0.39 is 0 Å². The van der Waals surface area contributed by atoms with Crippen LogP contribution >= 0.6 is 38.9 Å². The van der Waals surface area contributed by atoms with Gasteiger partial charge in [0.05, 0.1) is 17.8 Å². The SMILES string of the molecule is O=C1C(=c2sc3nc(-c4ccccc4)nn3c2=O)c2cc(Br)ccc2N1Cc1ccccc1Cl. The molecular weight excluding hydrogens is 536 g/mol. The molecule has 0 fully saturated rings. The van der Waals surface area contributed by atoms with E-state index in [0.717, 1.165) is 21.3 Å². The van der Waals surface area contributed by atoms with Gasteiger partial charge in [-0.1, -0.05) is 87.4 Å². The summed E-state index contributed by atoms with van der Waals surface area (Å²) in [5, 5.41) is 4.99. The fourth-order valence-corrected chi connectivity index (χ4v) is 5.63. The molecule has 0 N–H and O–H groups in total. The van der Waals surface area contributed by atoms with Crippen molar-refractivity contribution in [2.75, 3.05) is 4.90 Å². The van der Waals surface area contributed by atoms with Gasteiger partial charge >= 0.3 is 0 Å². The number of halogens is 2. The van der Waals surface area contributed by atoms with Crippen LogP contribution in [0.15, 0.2) is 82.1 Å². The summed E-state index contributed by atoms with van der Waals surface area (Å²) >= 11 is 11.0. The number of thiazole rings is 1. The van der Waals surface area contributed by atoms with Gasteiger partial charge in [-0.05, 0) is 29.8 Å². The van der Waals surface area contributed by atoms with Crippen molar-refractivity contribution >= 4 is 61.0 Å². The van der Waals surface area contributed by atoms with Crippen molar-refractivity contribution in [3.8, 4) is 11.4 Å². The lowest BCUT2D eigenvalue weighted by Gasteiger charge is -2.18. The lowest BCUT2D eigenvalue weighted by atomic mass is 10.1. The molecule has 1 amide bonds. The number of anilines is 1. The summed E-state index contributed by atoms with van der Waals surface area (Å²) in [7, 11) is 0. The maximum atomic E-state index is 13.7. The molecule has 0 unspecified atom stereocenters. The largest absolute Gasteiger partial charge is 0.303 e. The monoisotopic (exact) mass is 548 g/mol. The molecule has 0 aliphatic carbocycles. The Morgan fingerprint density at radius 1 is 0.971 bits per heavy atom. The summed E-state index contributed by atoms with van der Waals surface area (Å²) in [6.07, 6.45) is 0. The number of carbonyl (C=O) groups is 1. The Morgan fingerprint density at radius 2 is 1.74 bits per heavy atom. The van der Waals surface area contributed by atoms with Crippen LogP contribution in [0.3, 0.4) is 0 Å². The first-order valence-corrected chi connectivity index (χ1v) is 12.3. The molecule has 6 rings (SSSR count). The van der Waals surface area contributed by atoms with Crippen molar-refractivity contribution in [3.05, 3.63) is 108 Å². The molecule has 5 aromatic rings. The summed E-state index contributed by atoms with van der Waals surface area (Å²) in [5.74, 6) is 0.222. The first kappa shape index (κ1) is 21.2. The van der Waals surface area contributed by atoms with Gasteiger partial charge in [-0.25, -0.2) is 0 Å². The van der Waals surface area contributed by atoms with Crippen molar-refractivity contribution in [1.29, 1.82) is 0 Å². The van der Waals surface area contributed by atoms with Crippen LogP contribution in [0.4, 0.5) is 5.69 Å². The lowest BCUT2D eigenvalue weighted by molar-refractivity contribution is -0.113. The van der Waals surface area contributed by atoms with E-state index in [9.17, 15) is 9.59 Å². The molecule has 1 aliphatic heterocycles. The number of amides is 1. The van der Waals surface area contributed by atoms with E-state index in [1.807, 2.05) is 66.7 Å². The average Bonchev–Trinajstić information content (AvgIpc) is 3.47. The second kappa shape index (κ2) is 8.16. The van der Waals surface area contributed by atoms with E-state index in [2.05, 4.69) is 26.0 Å². The predicted octanol–water partition coefficient (Wildman–Crippen LogP) is 4.70. The molecule has 0 saturated heterocycles. The van der Waals surface area contributed by atoms with Crippen molar-refractivity contribution in [2.45, 2.75) is 6.54 Å². The zero-order chi connectivity index (χ0) is 23.4. The zero-order valence-corrected chi connectivity index (χ0v) is 20.6. The molecule has 9 heteroatoms. The van der Waals surface area contributed by atoms with Gasteiger partial charge in [-0.3, -0.25) is 9.59 Å². The molecule has 0 spiro atoms. The minimum atomic E-state index is -0.358. The van der Waals surface area contributed by atoms with E-state index in [1.54, 1.807) is 11.0 Å². The molecule has 0 saturated carbocycles. The van der Waals surface area contributed by atoms with Gasteiger partial charge in [-0.15, -0.1) is 5.10 Å². The molecule has 0 bridgehead atoms. The van der Waals surface area contributed by atoms with Crippen LogP contribution in [0, 0.1) is 0 Å². The Hall–Kier alpha value is -3.33. The Balaban J connectivity index is 1.53. The fourth-order valence-electron chi connectivity index (χ4n) is 4.07. The normalized spacial score (nSPS) is 14.8. The van der Waals surface area contributed by atoms with E-state index in [-0.39, 0.29) is 11.5 Å². The second-order valence-electron chi connectivity index (χ2n) is 7.75. The summed E-state index contributed by atoms with van der Waals surface area (Å²) in [6, 6.07) is 22.5. The number of benzene rings is 3. The third kappa shape index (κ3) is 3.37. The van der Waals surface area contributed by atoms with Crippen LogP contribution < -0.4 is 15.0 Å². The Morgan fingerprint density at radius 3 is 2.50 bits per heavy atom. The Bertz CT molecular complexity index is 1710. The number of nitrogens with zero attached hydrogens (tertiary/aromatic N) is 4. The molecule has 3 aromatic carbocycles. The Kier molecular flexibility index (Phi) is 5.09. The quantitative estimate of drug-likeness (QED) is 0.327. The van der Waals surface area contributed by atoms with Crippen LogP contribution in [-0.4, -0.2) is 20.5 Å². The van der Waals surface area contributed by atoms with Crippen molar-refractivity contribution in [3.63, 3.8) is 0 Å². The molecule has 0 atom stereocenters. The van der Waals surface area contributed by atoms with Crippen LogP contribution in [0.1, 0.15) is 11.1 Å². The lowest BCUT2D eigenvalue weighted by Crippen LogP contribution is -2.32. The minimum Gasteiger partial charge on any atom is -0.303 e. The Labute approximate surface area is 210 Å². The summed E-state index contributed by atoms with van der Waals surface area (Å²) in [5.41, 5.74) is 3.06. The third-order valence-corrected chi connectivity index (χ3v) is 7.57. The minimum absolute atomic E-state index is 0.252. The van der Waals surface area contributed by atoms with Gasteiger partial charge < -0.3 is 4.90 Å². The predicted molar refractivity (Wildman–Crippen MR) is 137 cm³/mol. The highest BCUT2D eigenvalue weighted by Gasteiger charge is 2.35. The molecule has 6 nitrogen and oxygen atoms in total. The standard InChI is InChI=1S/C25H14BrClN4O2S/c26-16-10-11-19-17(12-16)20(23(32)30(19)13-15-8-4-5-9-18(15)27)21-24(33)31-25(34-21)28-22(29-31)14-6-2-1-3-7-14/h1-12H,13H2. The van der Waals surface area contributed by atoms with E-state index in [4.69, 9.17) is 11.6 Å². The van der Waals surface area contributed by atoms with Crippen LogP contribution in [0.25, 0.3) is 21.9 Å². The number of rotatable bonds is 3. The topological polar surface area (TPSA) is 67.6 Å². The first-order valence-electron chi connectivity index (χ1n) is 10.4. The molecule has 2 aromatic heterocycles. The highest BCUT2D eigenvalue weighted by Crippen LogP contribution is 2.38. The van der Waals surface area contributed by atoms with Gasteiger partial charge in [-0.2, -0.15) is 9.50 Å². The highest BCUT2D eigenvalue weighted by molar-refractivity contribution is 9.10. The van der Waals surface area contributed by atoms with Crippen molar-refractivity contribution in [2.24, 2.45) is 0 Å². The average molecular weight is 550 g/mol. The molecule has 0 radical (unpaired) electrons. The summed E-state index contributed by atoms with van der Waals surface area (Å²) in [4.78, 5) is 33.7. The smallest absolute Gasteiger partial charge is 0.291 e. The third-order valence-electron chi connectivity index (χ3n) is 5.68. The van der Waals surface area contributed by atoms with E-state index >= 15 is 0 Å². The summed E-state index contributed by atoms with van der Waals surface area (Å²) < 4.78 is 2.41. The van der Waals surface area contributed by atoms with E-state index in [1.165, 1.54) is 15.9 Å². The zero-order valence-electron chi connectivity index (χ0n) is 17.4.